The number of carbonyl (C=O) groups is 2. The Balaban J connectivity index is 1.35. The number of nitrogens with zero attached hydrogens (tertiary/aromatic N) is 3. The fourth-order valence-electron chi connectivity index (χ4n) is 3.83. The molecule has 2 aliphatic heterocycles. The molecule has 170 valence electrons. The molecule has 8 nitrogen and oxygen atoms in total. The van der Waals surface area contributed by atoms with Gasteiger partial charge in [-0.05, 0) is 55.3 Å². The minimum Gasteiger partial charge on any atom is -0.482 e. The number of thioether (sulfide) groups is 1. The summed E-state index contributed by atoms with van der Waals surface area (Å²) in [4.78, 5) is 24.4. The van der Waals surface area contributed by atoms with Crippen molar-refractivity contribution >= 4 is 29.1 Å². The molecule has 1 atom stereocenters. The van der Waals surface area contributed by atoms with Gasteiger partial charge in [0.2, 0.25) is 0 Å². The summed E-state index contributed by atoms with van der Waals surface area (Å²) in [7, 11) is 0. The lowest BCUT2D eigenvalue weighted by Crippen LogP contribution is -2.25. The molecule has 1 amide bonds. The Morgan fingerprint density at radius 1 is 1.21 bits per heavy atom. The smallest absolute Gasteiger partial charge is 0.262 e. The molecule has 1 saturated heterocycles. The van der Waals surface area contributed by atoms with Gasteiger partial charge >= 0.3 is 0 Å². The first kappa shape index (κ1) is 21.6. The van der Waals surface area contributed by atoms with Gasteiger partial charge in [-0.15, -0.1) is 10.2 Å². The number of ether oxygens (including phenoxy) is 2. The maximum atomic E-state index is 13.4. The predicted molar refractivity (Wildman–Crippen MR) is 120 cm³/mol. The summed E-state index contributed by atoms with van der Waals surface area (Å²) < 4.78 is 26.5. The average molecular weight is 469 g/mol. The van der Waals surface area contributed by atoms with Gasteiger partial charge in [-0.1, -0.05) is 11.8 Å². The summed E-state index contributed by atoms with van der Waals surface area (Å²) in [5.41, 5.74) is 1.70. The highest BCUT2D eigenvalue weighted by atomic mass is 32.2. The lowest BCUT2D eigenvalue weighted by atomic mass is 10.1. The molecule has 5 rings (SSSR count). The number of amides is 1. The molecule has 0 radical (unpaired) electrons. The van der Waals surface area contributed by atoms with Crippen LogP contribution in [0.3, 0.4) is 0 Å². The van der Waals surface area contributed by atoms with Crippen LogP contribution in [0.2, 0.25) is 0 Å². The first-order chi connectivity index (χ1) is 16.1. The molecule has 0 bridgehead atoms. The second-order valence-corrected chi connectivity index (χ2v) is 8.76. The number of nitrogens with one attached hydrogen (secondary N) is 1. The molecule has 1 aromatic heterocycles. The summed E-state index contributed by atoms with van der Waals surface area (Å²) in [6.07, 6.45) is 1.98. The number of rotatable bonds is 7. The van der Waals surface area contributed by atoms with Crippen molar-refractivity contribution in [3.63, 3.8) is 0 Å². The van der Waals surface area contributed by atoms with E-state index in [0.717, 1.165) is 25.0 Å². The van der Waals surface area contributed by atoms with Crippen molar-refractivity contribution in [2.75, 3.05) is 24.3 Å². The molecular weight excluding hydrogens is 447 g/mol. The van der Waals surface area contributed by atoms with Crippen LogP contribution in [0.5, 0.6) is 5.75 Å². The number of Topliss-reactive ketones (excluding diaryl/α,β-unsaturated/α-hetero) is 1. The van der Waals surface area contributed by atoms with E-state index in [2.05, 4.69) is 15.5 Å². The van der Waals surface area contributed by atoms with Crippen molar-refractivity contribution in [1.82, 2.24) is 14.8 Å². The lowest BCUT2D eigenvalue weighted by molar-refractivity contribution is -0.118. The molecule has 0 aliphatic carbocycles. The standard InChI is InChI=1S/C23H21FN4O4S/c24-16-6-3-14(4-7-16)22-26-27-23(28(22)11-17-2-1-9-31-17)33-13-19(29)15-5-8-20-18(10-15)25-21(30)12-32-20/h3-8,10,17H,1-2,9,11-13H2,(H,25,30)/t17-/m0/s1. The van der Waals surface area contributed by atoms with Gasteiger partial charge in [0.05, 0.1) is 24.1 Å². The van der Waals surface area contributed by atoms with Crippen LogP contribution in [0.4, 0.5) is 10.1 Å². The molecular formula is C23H21FN4O4S. The van der Waals surface area contributed by atoms with E-state index in [-0.39, 0.29) is 36.0 Å². The Bertz CT molecular complexity index is 1190. The normalized spacial score (nSPS) is 17.4. The molecule has 33 heavy (non-hydrogen) atoms. The minimum atomic E-state index is -0.323. The Labute approximate surface area is 193 Å². The van der Waals surface area contributed by atoms with Crippen LogP contribution in [0, 0.1) is 5.82 Å². The summed E-state index contributed by atoms with van der Waals surface area (Å²) >= 11 is 1.28. The van der Waals surface area contributed by atoms with Crippen molar-refractivity contribution in [2.24, 2.45) is 0 Å². The van der Waals surface area contributed by atoms with Crippen LogP contribution < -0.4 is 10.1 Å². The molecule has 1 fully saturated rings. The summed E-state index contributed by atoms with van der Waals surface area (Å²) in [5.74, 6) is 0.597. The highest BCUT2D eigenvalue weighted by molar-refractivity contribution is 7.99. The van der Waals surface area contributed by atoms with Crippen LogP contribution in [0.1, 0.15) is 23.2 Å². The van der Waals surface area contributed by atoms with E-state index < -0.39 is 0 Å². The summed E-state index contributed by atoms with van der Waals surface area (Å²) in [5, 5.41) is 11.9. The third kappa shape index (κ3) is 4.76. The van der Waals surface area contributed by atoms with E-state index in [0.29, 0.717) is 34.5 Å². The Morgan fingerprint density at radius 2 is 2.06 bits per heavy atom. The second kappa shape index (κ2) is 9.32. The molecule has 2 aromatic carbocycles. The average Bonchev–Trinajstić information content (AvgIpc) is 3.48. The van der Waals surface area contributed by atoms with E-state index in [4.69, 9.17) is 9.47 Å². The lowest BCUT2D eigenvalue weighted by Gasteiger charge is -2.18. The SMILES string of the molecule is O=C1COc2ccc(C(=O)CSc3nnc(-c4ccc(F)cc4)n3C[C@@H]3CCCO3)cc2N1. The maximum Gasteiger partial charge on any atom is 0.262 e. The number of halogens is 1. The van der Waals surface area contributed by atoms with E-state index in [9.17, 15) is 14.0 Å². The van der Waals surface area contributed by atoms with Crippen molar-refractivity contribution in [1.29, 1.82) is 0 Å². The van der Waals surface area contributed by atoms with Crippen LogP contribution in [0.15, 0.2) is 47.6 Å². The zero-order valence-electron chi connectivity index (χ0n) is 17.6. The van der Waals surface area contributed by atoms with Gasteiger partial charge in [-0.25, -0.2) is 4.39 Å². The van der Waals surface area contributed by atoms with E-state index in [1.807, 2.05) is 4.57 Å². The highest BCUT2D eigenvalue weighted by Crippen LogP contribution is 2.30. The first-order valence-corrected chi connectivity index (χ1v) is 11.6. The number of aromatic nitrogens is 3. The van der Waals surface area contributed by atoms with Crippen molar-refractivity contribution in [3.05, 3.63) is 53.8 Å². The summed E-state index contributed by atoms with van der Waals surface area (Å²) in [6.45, 7) is 1.24. The Morgan fingerprint density at radius 3 is 2.85 bits per heavy atom. The van der Waals surface area contributed by atoms with E-state index in [1.54, 1.807) is 30.3 Å². The third-order valence-corrected chi connectivity index (χ3v) is 6.46. The monoisotopic (exact) mass is 468 g/mol. The van der Waals surface area contributed by atoms with Gasteiger partial charge < -0.3 is 14.8 Å². The van der Waals surface area contributed by atoms with E-state index >= 15 is 0 Å². The first-order valence-electron chi connectivity index (χ1n) is 10.6. The molecule has 3 aromatic rings. The molecule has 1 N–H and O–H groups in total. The fraction of sp³-hybridized carbons (Fsp3) is 0.304. The van der Waals surface area contributed by atoms with Gasteiger partial charge in [0.1, 0.15) is 11.6 Å². The van der Waals surface area contributed by atoms with Gasteiger partial charge in [0.15, 0.2) is 23.4 Å². The minimum absolute atomic E-state index is 0.0348. The van der Waals surface area contributed by atoms with Crippen LogP contribution in [-0.4, -0.2) is 51.5 Å². The fourth-order valence-corrected chi connectivity index (χ4v) is 4.68. The molecule has 0 saturated carbocycles. The third-order valence-electron chi connectivity index (χ3n) is 5.50. The van der Waals surface area contributed by atoms with Crippen LogP contribution in [-0.2, 0) is 16.1 Å². The van der Waals surface area contributed by atoms with Gasteiger partial charge in [0, 0.05) is 17.7 Å². The number of hydrogen-bond acceptors (Lipinski definition) is 7. The quantitative estimate of drug-likeness (QED) is 0.418. The highest BCUT2D eigenvalue weighted by Gasteiger charge is 2.23. The number of hydrogen-bond donors (Lipinski definition) is 1. The number of anilines is 1. The number of ketones is 1. The predicted octanol–water partition coefficient (Wildman–Crippen LogP) is 3.57. The number of carbonyl (C=O) groups excluding carboxylic acids is 2. The van der Waals surface area contributed by atoms with Crippen LogP contribution in [0.25, 0.3) is 11.4 Å². The molecule has 2 aliphatic rings. The topological polar surface area (TPSA) is 95.3 Å². The Kier molecular flexibility index (Phi) is 6.10. The van der Waals surface area contributed by atoms with Gasteiger partial charge in [-0.3, -0.25) is 14.2 Å². The summed E-state index contributed by atoms with van der Waals surface area (Å²) in [6, 6.07) is 11.1. The second-order valence-electron chi connectivity index (χ2n) is 7.82. The van der Waals surface area contributed by atoms with Crippen molar-refractivity contribution in [2.45, 2.75) is 30.6 Å². The molecule has 10 heteroatoms. The maximum absolute atomic E-state index is 13.4. The van der Waals surface area contributed by atoms with Crippen molar-refractivity contribution in [3.8, 4) is 17.1 Å². The van der Waals surface area contributed by atoms with Crippen molar-refractivity contribution < 1.29 is 23.5 Å². The zero-order chi connectivity index (χ0) is 22.8. The van der Waals surface area contributed by atoms with E-state index in [1.165, 1.54) is 23.9 Å². The largest absolute Gasteiger partial charge is 0.482 e. The number of benzene rings is 2. The molecule has 3 heterocycles. The zero-order valence-corrected chi connectivity index (χ0v) is 18.4. The Hall–Kier alpha value is -3.24. The number of fused-ring (bicyclic) bond motifs is 1. The molecule has 0 spiro atoms. The van der Waals surface area contributed by atoms with Crippen LogP contribution >= 0.6 is 11.8 Å². The molecule has 0 unspecified atom stereocenters. The van der Waals surface area contributed by atoms with Gasteiger partial charge in [-0.2, -0.15) is 0 Å². The van der Waals surface area contributed by atoms with Gasteiger partial charge in [0.25, 0.3) is 5.91 Å².